The van der Waals surface area contributed by atoms with E-state index in [1.807, 2.05) is 38.1 Å². The Bertz CT molecular complexity index is 1250. The summed E-state index contributed by atoms with van der Waals surface area (Å²) in [7, 11) is 1.78. The Morgan fingerprint density at radius 3 is 2.76 bits per heavy atom. The molecule has 38 heavy (non-hydrogen) atoms. The third kappa shape index (κ3) is 6.01. The maximum absolute atomic E-state index is 15.3. The first-order chi connectivity index (χ1) is 18.3. The maximum atomic E-state index is 15.3. The van der Waals surface area contributed by atoms with Crippen LogP contribution in [-0.2, 0) is 6.42 Å². The predicted molar refractivity (Wildman–Crippen MR) is 144 cm³/mol. The van der Waals surface area contributed by atoms with Crippen LogP contribution >= 0.6 is 11.6 Å². The summed E-state index contributed by atoms with van der Waals surface area (Å²) < 4.78 is 26.5. The van der Waals surface area contributed by atoms with Crippen molar-refractivity contribution in [3.05, 3.63) is 46.4 Å². The molecule has 1 saturated heterocycles. The molecule has 1 aliphatic heterocycles. The molecule has 3 aromatic rings. The van der Waals surface area contributed by atoms with Gasteiger partial charge in [-0.05, 0) is 71.2 Å². The van der Waals surface area contributed by atoms with E-state index in [9.17, 15) is 5.11 Å². The lowest BCUT2D eigenvalue weighted by Gasteiger charge is -2.34. The van der Waals surface area contributed by atoms with E-state index >= 15 is 4.39 Å². The minimum atomic E-state index is -0.929. The smallest absolute Gasteiger partial charge is 0.160 e. The Morgan fingerprint density at radius 1 is 1.26 bits per heavy atom. The molecule has 0 radical (unpaired) electrons. The zero-order valence-corrected chi connectivity index (χ0v) is 22.8. The van der Waals surface area contributed by atoms with Gasteiger partial charge in [0.2, 0.25) is 0 Å². The zero-order valence-electron chi connectivity index (χ0n) is 22.1. The van der Waals surface area contributed by atoms with Crippen molar-refractivity contribution in [2.75, 3.05) is 33.3 Å². The van der Waals surface area contributed by atoms with Crippen LogP contribution in [0.15, 0.2) is 28.8 Å². The number of rotatable bonds is 10. The number of likely N-dealkylation sites (tertiary alicyclic amines) is 1. The highest BCUT2D eigenvalue weighted by Gasteiger charge is 2.37. The first-order valence-electron chi connectivity index (χ1n) is 13.3. The quantitative estimate of drug-likeness (QED) is 0.388. The number of hydrogen-bond donors (Lipinski definition) is 2. The minimum Gasteiger partial charge on any atom is -0.491 e. The Kier molecular flexibility index (Phi) is 8.28. The fraction of sp³-hybridized carbons (Fsp3) is 0.536. The van der Waals surface area contributed by atoms with E-state index in [-0.39, 0.29) is 12.5 Å². The molecule has 1 aliphatic carbocycles. The van der Waals surface area contributed by atoms with Crippen LogP contribution in [0.25, 0.3) is 22.6 Å². The number of aliphatic hydroxyl groups excluding tert-OH is 1. The van der Waals surface area contributed by atoms with Crippen molar-refractivity contribution in [2.24, 2.45) is 5.92 Å². The summed E-state index contributed by atoms with van der Waals surface area (Å²) in [5.41, 5.74) is 3.29. The number of alkyl halides is 1. The molecule has 0 amide bonds. The summed E-state index contributed by atoms with van der Waals surface area (Å²) in [6.45, 7) is 5.63. The van der Waals surface area contributed by atoms with E-state index in [2.05, 4.69) is 15.4 Å². The van der Waals surface area contributed by atoms with Gasteiger partial charge in [-0.3, -0.25) is 4.90 Å². The molecule has 8 nitrogen and oxygen atoms in total. The first kappa shape index (κ1) is 27.0. The third-order valence-corrected chi connectivity index (χ3v) is 7.79. The average Bonchev–Trinajstić information content (AvgIpc) is 3.70. The van der Waals surface area contributed by atoms with Gasteiger partial charge in [-0.15, -0.1) is 0 Å². The summed E-state index contributed by atoms with van der Waals surface area (Å²) in [5.74, 6) is 1.50. The molecule has 0 spiro atoms. The number of nitrogens with one attached hydrogen (secondary N) is 1. The molecular weight excluding hydrogens is 509 g/mol. The molecule has 0 bridgehead atoms. The van der Waals surface area contributed by atoms with Crippen molar-refractivity contribution in [3.8, 4) is 28.4 Å². The number of aryl methyl sites for hydroxylation is 2. The van der Waals surface area contributed by atoms with E-state index in [1.54, 1.807) is 7.05 Å². The van der Waals surface area contributed by atoms with Crippen LogP contribution in [0.1, 0.15) is 36.4 Å². The monoisotopic (exact) mass is 543 g/mol. The molecule has 1 saturated carbocycles. The Labute approximate surface area is 227 Å². The van der Waals surface area contributed by atoms with Gasteiger partial charge in [0.1, 0.15) is 30.4 Å². The fourth-order valence-corrected chi connectivity index (χ4v) is 5.44. The lowest BCUT2D eigenvalue weighted by molar-refractivity contribution is 0.0793. The van der Waals surface area contributed by atoms with Crippen LogP contribution in [-0.4, -0.2) is 76.7 Å². The standard InChI is InChI=1S/C28H35ClFN5O3/c1-16-25(17(2)38-34-16)27-26(29)24(12-18-9-10-35(14-23(18)30)20-7-8-20)32-28(33-27)19-5-4-6-22(11-19)37-15-21(36)13-31-3/h4-6,11,18,20-21,23,31,36H,7-10,12-15H2,1-3H3/t18-,21+,23-/m0/s1. The van der Waals surface area contributed by atoms with Crippen molar-refractivity contribution in [2.45, 2.75) is 57.8 Å². The highest BCUT2D eigenvalue weighted by atomic mass is 35.5. The second-order valence-electron chi connectivity index (χ2n) is 10.4. The molecule has 2 aliphatic rings. The Morgan fingerprint density at radius 2 is 2.08 bits per heavy atom. The molecule has 204 valence electrons. The molecular formula is C28H35ClFN5O3. The van der Waals surface area contributed by atoms with Gasteiger partial charge in [-0.1, -0.05) is 28.9 Å². The maximum Gasteiger partial charge on any atom is 0.160 e. The lowest BCUT2D eigenvalue weighted by atomic mass is 9.89. The van der Waals surface area contributed by atoms with Crippen LogP contribution in [0.4, 0.5) is 4.39 Å². The highest BCUT2D eigenvalue weighted by molar-refractivity contribution is 6.33. The van der Waals surface area contributed by atoms with Gasteiger partial charge in [-0.25, -0.2) is 14.4 Å². The zero-order chi connectivity index (χ0) is 26.8. The van der Waals surface area contributed by atoms with E-state index in [0.29, 0.717) is 65.0 Å². The summed E-state index contributed by atoms with van der Waals surface area (Å²) in [5, 5.41) is 17.4. The summed E-state index contributed by atoms with van der Waals surface area (Å²) in [4.78, 5) is 12.0. The van der Waals surface area contributed by atoms with Crippen LogP contribution in [0.2, 0.25) is 5.02 Å². The number of piperidine rings is 1. The van der Waals surface area contributed by atoms with Crippen LogP contribution in [0, 0.1) is 19.8 Å². The van der Waals surface area contributed by atoms with Gasteiger partial charge < -0.3 is 19.7 Å². The first-order valence-corrected chi connectivity index (χ1v) is 13.7. The number of nitrogens with zero attached hydrogens (tertiary/aromatic N) is 4. The molecule has 1 aromatic carbocycles. The molecule has 10 heteroatoms. The van der Waals surface area contributed by atoms with Gasteiger partial charge >= 0.3 is 0 Å². The second-order valence-corrected chi connectivity index (χ2v) is 10.8. The van der Waals surface area contributed by atoms with Crippen molar-refractivity contribution < 1.29 is 18.8 Å². The second kappa shape index (κ2) is 11.7. The van der Waals surface area contributed by atoms with Gasteiger partial charge in [0.25, 0.3) is 0 Å². The largest absolute Gasteiger partial charge is 0.491 e. The molecule has 2 N–H and O–H groups in total. The van der Waals surface area contributed by atoms with Crippen molar-refractivity contribution in [1.82, 2.24) is 25.3 Å². The molecule has 3 atom stereocenters. The number of likely N-dealkylation sites (N-methyl/N-ethyl adjacent to an activating group) is 1. The lowest BCUT2D eigenvalue weighted by Crippen LogP contribution is -2.43. The molecule has 2 aromatic heterocycles. The average molecular weight is 544 g/mol. The van der Waals surface area contributed by atoms with Gasteiger partial charge in [0.05, 0.1) is 27.7 Å². The van der Waals surface area contributed by atoms with E-state index in [1.165, 1.54) is 12.8 Å². The number of benzene rings is 1. The Hall–Kier alpha value is -2.59. The number of aliphatic hydroxyl groups is 1. The number of aromatic nitrogens is 3. The third-order valence-electron chi connectivity index (χ3n) is 7.39. The summed E-state index contributed by atoms with van der Waals surface area (Å²) in [6, 6.07) is 7.97. The van der Waals surface area contributed by atoms with E-state index < -0.39 is 12.3 Å². The number of hydrogen-bond acceptors (Lipinski definition) is 8. The van der Waals surface area contributed by atoms with E-state index in [4.69, 9.17) is 30.8 Å². The predicted octanol–water partition coefficient (Wildman–Crippen LogP) is 4.39. The number of halogens is 2. The number of ether oxygens (including phenoxy) is 1. The molecule has 2 fully saturated rings. The summed E-state index contributed by atoms with van der Waals surface area (Å²) >= 11 is 6.92. The SMILES string of the molecule is CNC[C@@H](O)COc1cccc(-c2nc(C[C@@H]3CCN(C4CC4)C[C@@H]3F)c(Cl)c(-c3c(C)noc3C)n2)c1. The van der Waals surface area contributed by atoms with E-state index in [0.717, 1.165) is 24.1 Å². The van der Waals surface area contributed by atoms with Crippen molar-refractivity contribution >= 4 is 11.6 Å². The molecule has 5 rings (SSSR count). The Balaban J connectivity index is 1.47. The fourth-order valence-electron chi connectivity index (χ4n) is 5.18. The topological polar surface area (TPSA) is 96.5 Å². The van der Waals surface area contributed by atoms with Crippen LogP contribution in [0.5, 0.6) is 5.75 Å². The van der Waals surface area contributed by atoms with Gasteiger partial charge in [0, 0.05) is 24.7 Å². The molecule has 0 unspecified atom stereocenters. The normalized spacial score (nSPS) is 21.0. The molecule has 3 heterocycles. The van der Waals surface area contributed by atoms with Crippen molar-refractivity contribution in [3.63, 3.8) is 0 Å². The van der Waals surface area contributed by atoms with Gasteiger partial charge in [0.15, 0.2) is 5.82 Å². The van der Waals surface area contributed by atoms with Crippen LogP contribution in [0.3, 0.4) is 0 Å². The van der Waals surface area contributed by atoms with Gasteiger partial charge in [-0.2, -0.15) is 0 Å². The van der Waals surface area contributed by atoms with Crippen molar-refractivity contribution in [1.29, 1.82) is 0 Å². The van der Waals surface area contributed by atoms with Crippen LogP contribution < -0.4 is 10.1 Å². The minimum absolute atomic E-state index is 0.152. The highest BCUT2D eigenvalue weighted by Crippen LogP contribution is 2.38. The summed E-state index contributed by atoms with van der Waals surface area (Å²) in [6.07, 6.45) is 1.99.